The molecule has 3 aliphatic rings. The SMILES string of the molecule is C=CCO/N=C(\COCCC1CCC2/C(=C/C=C3/CCCC(O)C3=C)CCCC12C)C(C)(C)C. The molecule has 3 rings (SSSR count). The van der Waals surface area contributed by atoms with Crippen LogP contribution in [-0.2, 0) is 9.57 Å². The Hall–Kier alpha value is -1.65. The smallest absolute Gasteiger partial charge is 0.135 e. The summed E-state index contributed by atoms with van der Waals surface area (Å²) < 4.78 is 6.12. The highest BCUT2D eigenvalue weighted by atomic mass is 16.6. The zero-order chi connectivity index (χ0) is 24.8. The van der Waals surface area contributed by atoms with Crippen LogP contribution in [0.4, 0.5) is 0 Å². The lowest BCUT2D eigenvalue weighted by Gasteiger charge is -2.42. The van der Waals surface area contributed by atoms with Gasteiger partial charge in [-0.15, -0.1) is 0 Å². The van der Waals surface area contributed by atoms with E-state index in [-0.39, 0.29) is 11.5 Å². The Bertz CT molecular complexity index is 815. The predicted octanol–water partition coefficient (Wildman–Crippen LogP) is 7.17. The van der Waals surface area contributed by atoms with Crippen molar-refractivity contribution < 1.29 is 14.7 Å². The van der Waals surface area contributed by atoms with Crippen LogP contribution in [0.5, 0.6) is 0 Å². The van der Waals surface area contributed by atoms with Gasteiger partial charge in [0.2, 0.25) is 0 Å². The van der Waals surface area contributed by atoms with Gasteiger partial charge in [0, 0.05) is 12.0 Å². The van der Waals surface area contributed by atoms with Crippen molar-refractivity contribution in [2.45, 2.75) is 91.6 Å². The van der Waals surface area contributed by atoms with Gasteiger partial charge in [0.15, 0.2) is 0 Å². The molecule has 0 bridgehead atoms. The average Bonchev–Trinajstić information content (AvgIpc) is 3.12. The number of allylic oxidation sites excluding steroid dienone is 3. The molecule has 0 aromatic rings. The van der Waals surface area contributed by atoms with Gasteiger partial charge in [0.05, 0.1) is 18.4 Å². The Balaban J connectivity index is 1.58. The number of hydrogen-bond acceptors (Lipinski definition) is 4. The van der Waals surface area contributed by atoms with E-state index in [1.807, 2.05) is 0 Å². The standard InChI is InChI=1S/C30H47NO3/c1-7-19-34-31-28(29(3,4)5)21-33-20-17-25-15-16-26-24(11-9-18-30(25,26)6)14-13-23-10-8-12-27(32)22(23)2/h7,13-14,25-27,32H,1-2,8-12,15-21H2,3-6H3/b23-13-,24-14+,31-28+. The fraction of sp³-hybridized carbons (Fsp3) is 0.700. The monoisotopic (exact) mass is 469 g/mol. The molecule has 34 heavy (non-hydrogen) atoms. The van der Waals surface area contributed by atoms with E-state index in [1.165, 1.54) is 37.7 Å². The van der Waals surface area contributed by atoms with Gasteiger partial charge in [0.1, 0.15) is 6.61 Å². The van der Waals surface area contributed by atoms with Crippen LogP contribution in [0, 0.1) is 22.7 Å². The van der Waals surface area contributed by atoms with E-state index < -0.39 is 0 Å². The van der Waals surface area contributed by atoms with Crippen LogP contribution < -0.4 is 0 Å². The molecule has 0 heterocycles. The van der Waals surface area contributed by atoms with E-state index >= 15 is 0 Å². The maximum absolute atomic E-state index is 10.2. The van der Waals surface area contributed by atoms with Gasteiger partial charge in [-0.3, -0.25) is 0 Å². The molecule has 4 unspecified atom stereocenters. The van der Waals surface area contributed by atoms with Crippen LogP contribution in [0.1, 0.15) is 85.5 Å². The number of fused-ring (bicyclic) bond motifs is 1. The lowest BCUT2D eigenvalue weighted by Crippen LogP contribution is -2.34. The van der Waals surface area contributed by atoms with E-state index in [9.17, 15) is 5.11 Å². The predicted molar refractivity (Wildman–Crippen MR) is 142 cm³/mol. The Morgan fingerprint density at radius 2 is 1.97 bits per heavy atom. The minimum absolute atomic E-state index is 0.0805. The zero-order valence-corrected chi connectivity index (χ0v) is 22.1. The molecule has 4 heteroatoms. The summed E-state index contributed by atoms with van der Waals surface area (Å²) >= 11 is 0. The molecule has 0 saturated heterocycles. The van der Waals surface area contributed by atoms with Crippen molar-refractivity contribution in [1.82, 2.24) is 0 Å². The molecule has 3 fully saturated rings. The van der Waals surface area contributed by atoms with Crippen LogP contribution in [-0.4, -0.2) is 36.7 Å². The first-order chi connectivity index (χ1) is 16.2. The fourth-order valence-electron chi connectivity index (χ4n) is 6.20. The second-order valence-electron chi connectivity index (χ2n) is 11.8. The minimum Gasteiger partial charge on any atom is -0.392 e. The fourth-order valence-corrected chi connectivity index (χ4v) is 6.20. The summed E-state index contributed by atoms with van der Waals surface area (Å²) in [5, 5.41) is 14.5. The summed E-state index contributed by atoms with van der Waals surface area (Å²) in [5.74, 6) is 1.37. The zero-order valence-electron chi connectivity index (χ0n) is 22.1. The number of aliphatic hydroxyl groups is 1. The lowest BCUT2D eigenvalue weighted by molar-refractivity contribution is 0.0864. The molecule has 0 aliphatic heterocycles. The first kappa shape index (κ1) is 26.9. The van der Waals surface area contributed by atoms with Crippen molar-refractivity contribution in [2.75, 3.05) is 19.8 Å². The van der Waals surface area contributed by atoms with Crippen molar-refractivity contribution in [2.24, 2.45) is 27.8 Å². The van der Waals surface area contributed by atoms with Crippen LogP contribution in [0.2, 0.25) is 0 Å². The quantitative estimate of drug-likeness (QED) is 0.169. The Labute approximate surface area is 207 Å². The lowest BCUT2D eigenvalue weighted by atomic mass is 9.63. The first-order valence-corrected chi connectivity index (χ1v) is 13.3. The summed E-state index contributed by atoms with van der Waals surface area (Å²) in [4.78, 5) is 5.34. The molecule has 3 aliphatic carbocycles. The van der Waals surface area contributed by atoms with Crippen LogP contribution in [0.3, 0.4) is 0 Å². The van der Waals surface area contributed by atoms with Gasteiger partial charge in [-0.05, 0) is 86.2 Å². The van der Waals surface area contributed by atoms with Crippen molar-refractivity contribution in [3.8, 4) is 0 Å². The highest BCUT2D eigenvalue weighted by molar-refractivity contribution is 5.89. The Kier molecular flexibility index (Phi) is 9.40. The summed E-state index contributed by atoms with van der Waals surface area (Å²) in [6, 6.07) is 0. The number of ether oxygens (including phenoxy) is 1. The third kappa shape index (κ3) is 6.51. The number of hydrogen-bond donors (Lipinski definition) is 1. The van der Waals surface area contributed by atoms with Gasteiger partial charge in [-0.2, -0.15) is 0 Å². The van der Waals surface area contributed by atoms with E-state index in [0.717, 1.165) is 43.6 Å². The van der Waals surface area contributed by atoms with E-state index in [0.29, 0.717) is 30.5 Å². The minimum atomic E-state index is -0.358. The molecule has 3 saturated carbocycles. The largest absolute Gasteiger partial charge is 0.392 e. The molecule has 190 valence electrons. The second kappa shape index (κ2) is 11.9. The maximum Gasteiger partial charge on any atom is 0.135 e. The van der Waals surface area contributed by atoms with Crippen molar-refractivity contribution in [3.63, 3.8) is 0 Å². The highest BCUT2D eigenvalue weighted by Gasteiger charge is 2.48. The third-order valence-electron chi connectivity index (χ3n) is 8.48. The van der Waals surface area contributed by atoms with Crippen LogP contribution >= 0.6 is 0 Å². The molecule has 0 aromatic heterocycles. The Morgan fingerprint density at radius 3 is 2.71 bits per heavy atom. The van der Waals surface area contributed by atoms with E-state index in [4.69, 9.17) is 9.57 Å². The van der Waals surface area contributed by atoms with Crippen molar-refractivity contribution >= 4 is 5.71 Å². The molecule has 0 spiro atoms. The van der Waals surface area contributed by atoms with Gasteiger partial charge in [-0.1, -0.05) is 69.8 Å². The number of oxime groups is 1. The van der Waals surface area contributed by atoms with Crippen LogP contribution in [0.25, 0.3) is 0 Å². The highest BCUT2D eigenvalue weighted by Crippen LogP contribution is 2.58. The summed E-state index contributed by atoms with van der Waals surface area (Å²) in [6.45, 7) is 18.5. The Morgan fingerprint density at radius 1 is 1.18 bits per heavy atom. The van der Waals surface area contributed by atoms with Gasteiger partial charge in [0.25, 0.3) is 0 Å². The summed E-state index contributed by atoms with van der Waals surface area (Å²) in [7, 11) is 0. The van der Waals surface area contributed by atoms with Crippen LogP contribution in [0.15, 0.2) is 53.3 Å². The maximum atomic E-state index is 10.2. The first-order valence-electron chi connectivity index (χ1n) is 13.3. The second-order valence-corrected chi connectivity index (χ2v) is 11.8. The number of aliphatic hydroxyl groups excluding tert-OH is 1. The molecule has 0 radical (unpaired) electrons. The topological polar surface area (TPSA) is 51.0 Å². The summed E-state index contributed by atoms with van der Waals surface area (Å²) in [5.41, 5.74) is 5.01. The van der Waals surface area contributed by atoms with Gasteiger partial charge >= 0.3 is 0 Å². The summed E-state index contributed by atoms with van der Waals surface area (Å²) in [6.07, 6.45) is 16.4. The number of rotatable bonds is 9. The molecular weight excluding hydrogens is 422 g/mol. The third-order valence-corrected chi connectivity index (χ3v) is 8.48. The van der Waals surface area contributed by atoms with E-state index in [2.05, 4.69) is 58.2 Å². The van der Waals surface area contributed by atoms with Gasteiger partial charge < -0.3 is 14.7 Å². The molecule has 0 amide bonds. The number of nitrogens with zero attached hydrogens (tertiary/aromatic N) is 1. The molecule has 0 aromatic carbocycles. The van der Waals surface area contributed by atoms with Gasteiger partial charge in [-0.25, -0.2) is 0 Å². The normalized spacial score (nSPS) is 32.8. The van der Waals surface area contributed by atoms with Crippen molar-refractivity contribution in [3.05, 3.63) is 48.1 Å². The molecular formula is C30H47NO3. The average molecular weight is 470 g/mol. The molecule has 4 atom stereocenters. The van der Waals surface area contributed by atoms with E-state index in [1.54, 1.807) is 11.6 Å². The molecule has 1 N–H and O–H groups in total. The van der Waals surface area contributed by atoms with Crippen molar-refractivity contribution in [1.29, 1.82) is 0 Å². The molecule has 4 nitrogen and oxygen atoms in total.